The van der Waals surface area contributed by atoms with Gasteiger partial charge in [-0.2, -0.15) is 5.10 Å². The summed E-state index contributed by atoms with van der Waals surface area (Å²) < 4.78 is 6.95. The van der Waals surface area contributed by atoms with Crippen LogP contribution in [0.25, 0.3) is 0 Å². The molecule has 5 nitrogen and oxygen atoms in total. The van der Waals surface area contributed by atoms with Crippen LogP contribution in [0.5, 0.6) is 5.75 Å². The molecule has 1 aromatic heterocycles. The fraction of sp³-hybridized carbons (Fsp3) is 0.333. The van der Waals surface area contributed by atoms with Crippen LogP contribution in [0.1, 0.15) is 45.1 Å². The molecule has 2 aromatic carbocycles. The van der Waals surface area contributed by atoms with Crippen LogP contribution < -0.4 is 4.74 Å². The standard InChI is InChI=1S/C24H26ClN3O2/c1-16-4-6-18(7-5-16)14-28-23(25)22(17(2)26-28)24(29)27-13-12-20(15-27)19-8-10-21(30-3)11-9-19/h4-11,20H,12-15H2,1-3H3. The van der Waals surface area contributed by atoms with E-state index in [1.54, 1.807) is 11.8 Å². The molecular weight excluding hydrogens is 398 g/mol. The molecular formula is C24H26ClN3O2. The number of halogens is 1. The maximum atomic E-state index is 13.2. The Hall–Kier alpha value is -2.79. The van der Waals surface area contributed by atoms with Crippen molar-refractivity contribution < 1.29 is 9.53 Å². The third kappa shape index (κ3) is 4.08. The number of methoxy groups -OCH3 is 1. The fourth-order valence-electron chi connectivity index (χ4n) is 4.02. The zero-order valence-corrected chi connectivity index (χ0v) is 18.3. The highest BCUT2D eigenvalue weighted by molar-refractivity contribution is 6.33. The number of nitrogens with zero attached hydrogens (tertiary/aromatic N) is 3. The highest BCUT2D eigenvalue weighted by Gasteiger charge is 2.31. The number of rotatable bonds is 5. The molecule has 0 saturated carbocycles. The normalized spacial score (nSPS) is 16.1. The van der Waals surface area contributed by atoms with Gasteiger partial charge in [0.2, 0.25) is 0 Å². The molecule has 1 atom stereocenters. The lowest BCUT2D eigenvalue weighted by atomic mass is 9.98. The molecule has 0 spiro atoms. The maximum Gasteiger partial charge on any atom is 0.258 e. The van der Waals surface area contributed by atoms with Crippen molar-refractivity contribution in [1.29, 1.82) is 0 Å². The summed E-state index contributed by atoms with van der Waals surface area (Å²) >= 11 is 6.61. The Kier molecular flexibility index (Phi) is 5.82. The van der Waals surface area contributed by atoms with E-state index in [2.05, 4.69) is 48.4 Å². The largest absolute Gasteiger partial charge is 0.497 e. The molecule has 0 radical (unpaired) electrons. The monoisotopic (exact) mass is 423 g/mol. The molecule has 1 unspecified atom stereocenters. The second kappa shape index (κ2) is 8.52. The Labute approximate surface area is 182 Å². The lowest BCUT2D eigenvalue weighted by Crippen LogP contribution is -2.29. The van der Waals surface area contributed by atoms with Crippen LogP contribution in [-0.2, 0) is 6.54 Å². The van der Waals surface area contributed by atoms with Crippen molar-refractivity contribution in [2.24, 2.45) is 0 Å². The van der Waals surface area contributed by atoms with Gasteiger partial charge < -0.3 is 9.64 Å². The number of carbonyl (C=O) groups excluding carboxylic acids is 1. The maximum absolute atomic E-state index is 13.2. The molecule has 1 amide bonds. The predicted octanol–water partition coefficient (Wildman–Crippen LogP) is 4.84. The number of hydrogen-bond acceptors (Lipinski definition) is 3. The predicted molar refractivity (Wildman–Crippen MR) is 119 cm³/mol. The van der Waals surface area contributed by atoms with Crippen LogP contribution in [-0.4, -0.2) is 40.8 Å². The molecule has 0 bridgehead atoms. The first kappa shape index (κ1) is 20.5. The third-order valence-corrected chi connectivity index (χ3v) is 6.18. The van der Waals surface area contributed by atoms with Crippen molar-refractivity contribution in [2.45, 2.75) is 32.7 Å². The number of likely N-dealkylation sites (tertiary alicyclic amines) is 1. The van der Waals surface area contributed by atoms with Crippen LogP contribution in [0.4, 0.5) is 0 Å². The molecule has 6 heteroatoms. The summed E-state index contributed by atoms with van der Waals surface area (Å²) in [5.74, 6) is 1.12. The highest BCUT2D eigenvalue weighted by Crippen LogP contribution is 2.31. The first-order valence-corrected chi connectivity index (χ1v) is 10.6. The Bertz CT molecular complexity index is 1040. The summed E-state index contributed by atoms with van der Waals surface area (Å²) in [7, 11) is 1.66. The molecule has 1 aliphatic rings. The minimum atomic E-state index is -0.0383. The topological polar surface area (TPSA) is 47.4 Å². The van der Waals surface area contributed by atoms with Crippen molar-refractivity contribution in [3.05, 3.63) is 81.6 Å². The quantitative estimate of drug-likeness (QED) is 0.590. The van der Waals surface area contributed by atoms with Gasteiger partial charge in [-0.25, -0.2) is 4.68 Å². The molecule has 0 aliphatic carbocycles. The first-order chi connectivity index (χ1) is 14.5. The number of benzene rings is 2. The van der Waals surface area contributed by atoms with Gasteiger partial charge in [0, 0.05) is 19.0 Å². The average Bonchev–Trinajstić information content (AvgIpc) is 3.35. The van der Waals surface area contributed by atoms with Gasteiger partial charge in [0.05, 0.1) is 24.9 Å². The van der Waals surface area contributed by atoms with Crippen LogP contribution in [0.15, 0.2) is 48.5 Å². The van der Waals surface area contributed by atoms with Crippen molar-refractivity contribution in [2.75, 3.05) is 20.2 Å². The van der Waals surface area contributed by atoms with Gasteiger partial charge >= 0.3 is 0 Å². The van der Waals surface area contributed by atoms with Crippen molar-refractivity contribution in [3.8, 4) is 5.75 Å². The van der Waals surface area contributed by atoms with E-state index in [0.717, 1.165) is 17.7 Å². The van der Waals surface area contributed by atoms with E-state index in [1.165, 1.54) is 11.1 Å². The molecule has 4 rings (SSSR count). The lowest BCUT2D eigenvalue weighted by Gasteiger charge is -2.17. The van der Waals surface area contributed by atoms with Gasteiger partial charge in [0.1, 0.15) is 10.9 Å². The summed E-state index contributed by atoms with van der Waals surface area (Å²) in [5, 5.41) is 4.95. The number of amides is 1. The van der Waals surface area contributed by atoms with Crippen LogP contribution in [0.3, 0.4) is 0 Å². The van der Waals surface area contributed by atoms with Gasteiger partial charge in [-0.3, -0.25) is 4.79 Å². The number of ether oxygens (including phenoxy) is 1. The third-order valence-electron chi connectivity index (χ3n) is 5.79. The summed E-state index contributed by atoms with van der Waals surface area (Å²) in [6.07, 6.45) is 0.937. The molecule has 2 heterocycles. The minimum absolute atomic E-state index is 0.0383. The molecule has 30 heavy (non-hydrogen) atoms. The SMILES string of the molecule is COc1ccc(C2CCN(C(=O)c3c(C)nn(Cc4ccc(C)cc4)c3Cl)C2)cc1. The summed E-state index contributed by atoms with van der Waals surface area (Å²) in [5.41, 5.74) is 4.72. The van der Waals surface area contributed by atoms with Gasteiger partial charge in [-0.05, 0) is 43.5 Å². The van der Waals surface area contributed by atoms with E-state index in [1.807, 2.05) is 24.0 Å². The van der Waals surface area contributed by atoms with E-state index >= 15 is 0 Å². The Morgan fingerprint density at radius 2 is 1.83 bits per heavy atom. The Balaban J connectivity index is 1.49. The number of hydrogen-bond donors (Lipinski definition) is 0. The van der Waals surface area contributed by atoms with Crippen LogP contribution >= 0.6 is 11.6 Å². The van der Waals surface area contributed by atoms with E-state index < -0.39 is 0 Å². The molecule has 156 valence electrons. The van der Waals surface area contributed by atoms with Gasteiger partial charge in [-0.1, -0.05) is 53.6 Å². The summed E-state index contributed by atoms with van der Waals surface area (Å²) in [6.45, 7) is 5.85. The smallest absolute Gasteiger partial charge is 0.258 e. The average molecular weight is 424 g/mol. The van der Waals surface area contributed by atoms with E-state index in [4.69, 9.17) is 16.3 Å². The first-order valence-electron chi connectivity index (χ1n) is 10.2. The minimum Gasteiger partial charge on any atom is -0.497 e. The van der Waals surface area contributed by atoms with Crippen molar-refractivity contribution in [3.63, 3.8) is 0 Å². The van der Waals surface area contributed by atoms with E-state index in [0.29, 0.717) is 42.0 Å². The molecule has 1 fully saturated rings. The number of aromatic nitrogens is 2. The molecule has 1 aliphatic heterocycles. The zero-order chi connectivity index (χ0) is 21.3. The Morgan fingerprint density at radius 3 is 2.50 bits per heavy atom. The van der Waals surface area contributed by atoms with E-state index in [9.17, 15) is 4.79 Å². The van der Waals surface area contributed by atoms with Crippen LogP contribution in [0, 0.1) is 13.8 Å². The molecule has 1 saturated heterocycles. The fourth-order valence-corrected chi connectivity index (χ4v) is 4.33. The summed E-state index contributed by atoms with van der Waals surface area (Å²) in [4.78, 5) is 15.1. The van der Waals surface area contributed by atoms with Gasteiger partial charge in [0.25, 0.3) is 5.91 Å². The molecule has 0 N–H and O–H groups in total. The Morgan fingerprint density at radius 1 is 1.13 bits per heavy atom. The van der Waals surface area contributed by atoms with E-state index in [-0.39, 0.29) is 5.91 Å². The van der Waals surface area contributed by atoms with Gasteiger partial charge in [-0.15, -0.1) is 0 Å². The lowest BCUT2D eigenvalue weighted by molar-refractivity contribution is 0.0790. The summed E-state index contributed by atoms with van der Waals surface area (Å²) in [6, 6.07) is 16.3. The number of carbonyl (C=O) groups is 1. The van der Waals surface area contributed by atoms with Crippen molar-refractivity contribution >= 4 is 17.5 Å². The number of aryl methyl sites for hydroxylation is 2. The van der Waals surface area contributed by atoms with Gasteiger partial charge in [0.15, 0.2) is 0 Å². The highest BCUT2D eigenvalue weighted by atomic mass is 35.5. The molecule has 3 aromatic rings. The van der Waals surface area contributed by atoms with Crippen LogP contribution in [0.2, 0.25) is 5.15 Å². The zero-order valence-electron chi connectivity index (χ0n) is 17.6. The van der Waals surface area contributed by atoms with Crippen molar-refractivity contribution in [1.82, 2.24) is 14.7 Å². The second-order valence-electron chi connectivity index (χ2n) is 7.90. The second-order valence-corrected chi connectivity index (χ2v) is 8.26.